The number of ether oxygens (including phenoxy) is 2. The summed E-state index contributed by atoms with van der Waals surface area (Å²) in [7, 11) is 7.14. The molecule has 12 heteroatoms. The number of nitrogen functional groups attached to an aromatic ring is 1. The van der Waals surface area contributed by atoms with Crippen LogP contribution in [0.3, 0.4) is 0 Å². The lowest BCUT2D eigenvalue weighted by Crippen LogP contribution is -2.28. The highest BCUT2D eigenvalue weighted by molar-refractivity contribution is 9.10. The summed E-state index contributed by atoms with van der Waals surface area (Å²) in [5, 5.41) is 15.1. The molecule has 1 aliphatic carbocycles. The SMILES string of the molecule is CC1(C)CC(=O)CC(=O)C1.COC(=O)c1ccc(C)cc1.COc1ccc(C)cc1.Cc1cc(N)n[nH]1.Cc1ccc(Br)cc1.Cc1ccc(N(C)C)cc1.Cc1ccc(O)cc1.[C-]#[N+]c1ccc(C)cc1. The van der Waals surface area contributed by atoms with Gasteiger partial charge in [0.1, 0.15) is 28.9 Å². The van der Waals surface area contributed by atoms with Crippen molar-refractivity contribution in [2.45, 2.75) is 81.6 Å². The first kappa shape index (κ1) is 62.5. The molecule has 382 valence electrons. The van der Waals surface area contributed by atoms with Gasteiger partial charge in [-0.25, -0.2) is 9.64 Å². The Morgan fingerprint density at radius 3 is 1.36 bits per heavy atom. The minimum Gasteiger partial charge on any atom is -0.508 e. The van der Waals surface area contributed by atoms with Crippen LogP contribution in [0.4, 0.5) is 17.2 Å². The van der Waals surface area contributed by atoms with E-state index in [0.717, 1.165) is 21.5 Å². The van der Waals surface area contributed by atoms with E-state index in [0.29, 0.717) is 35.7 Å². The van der Waals surface area contributed by atoms with Crippen molar-refractivity contribution in [3.8, 4) is 11.5 Å². The number of methoxy groups -OCH3 is 2. The molecule has 1 saturated carbocycles. The maximum atomic E-state index is 10.9. The van der Waals surface area contributed by atoms with Gasteiger partial charge < -0.3 is 25.2 Å². The Balaban J connectivity index is 0.000000413. The van der Waals surface area contributed by atoms with Crippen molar-refractivity contribution in [1.29, 1.82) is 0 Å². The zero-order valence-corrected chi connectivity index (χ0v) is 45.9. The van der Waals surface area contributed by atoms with E-state index in [2.05, 4.69) is 97.8 Å². The van der Waals surface area contributed by atoms with Crippen LogP contribution in [0.2, 0.25) is 0 Å². The number of nitrogens with one attached hydrogen (secondary N) is 1. The minimum atomic E-state index is -0.287. The predicted octanol–water partition coefficient (Wildman–Crippen LogP) is 14.5. The third-order valence-corrected chi connectivity index (χ3v) is 10.5. The van der Waals surface area contributed by atoms with E-state index < -0.39 is 0 Å². The lowest BCUT2D eigenvalue weighted by Gasteiger charge is -2.26. The summed E-state index contributed by atoms with van der Waals surface area (Å²) < 4.78 is 10.6. The fraction of sp³-hybridized carbons (Fsp3) is 0.283. The van der Waals surface area contributed by atoms with Gasteiger partial charge in [-0.2, -0.15) is 5.10 Å². The van der Waals surface area contributed by atoms with E-state index in [4.69, 9.17) is 22.1 Å². The molecule has 7 aromatic rings. The maximum Gasteiger partial charge on any atom is 0.337 e. The average Bonchev–Trinajstić information content (AvgIpc) is 3.73. The van der Waals surface area contributed by atoms with Crippen molar-refractivity contribution >= 4 is 50.7 Å². The molecule has 1 aromatic heterocycles. The Labute approximate surface area is 437 Å². The number of hydrogen-bond acceptors (Lipinski definition) is 9. The highest BCUT2D eigenvalue weighted by Crippen LogP contribution is 2.30. The summed E-state index contributed by atoms with van der Waals surface area (Å²) >= 11 is 3.35. The van der Waals surface area contributed by atoms with Gasteiger partial charge in [-0.3, -0.25) is 14.7 Å². The monoisotopic (exact) mass is 1040 g/mol. The number of ketones is 2. The van der Waals surface area contributed by atoms with Crippen LogP contribution >= 0.6 is 15.9 Å². The largest absolute Gasteiger partial charge is 0.508 e. The smallest absolute Gasteiger partial charge is 0.337 e. The number of halogens is 1. The first-order valence-corrected chi connectivity index (χ1v) is 24.0. The van der Waals surface area contributed by atoms with E-state index in [9.17, 15) is 14.4 Å². The molecular formula is C60H74BrN5O6. The van der Waals surface area contributed by atoms with Crippen molar-refractivity contribution in [2.24, 2.45) is 5.41 Å². The number of aryl methyl sites for hydroxylation is 7. The molecule has 0 bridgehead atoms. The number of nitrogens with zero attached hydrogens (tertiary/aromatic N) is 3. The lowest BCUT2D eigenvalue weighted by atomic mass is 9.76. The molecule has 0 radical (unpaired) electrons. The van der Waals surface area contributed by atoms with Gasteiger partial charge in [0.2, 0.25) is 0 Å². The van der Waals surface area contributed by atoms with Gasteiger partial charge in [-0.1, -0.05) is 148 Å². The van der Waals surface area contributed by atoms with Crippen molar-refractivity contribution in [3.63, 3.8) is 0 Å². The van der Waals surface area contributed by atoms with E-state index in [1.54, 1.807) is 37.4 Å². The summed E-state index contributed by atoms with van der Waals surface area (Å²) in [4.78, 5) is 38.0. The number of aromatic nitrogens is 2. The van der Waals surface area contributed by atoms with Crippen LogP contribution in [0, 0.1) is 60.5 Å². The molecule has 0 saturated heterocycles. The van der Waals surface area contributed by atoms with Gasteiger partial charge in [-0.15, -0.1) is 0 Å². The van der Waals surface area contributed by atoms with Crippen molar-refractivity contribution in [3.05, 3.63) is 212 Å². The highest BCUT2D eigenvalue weighted by Gasteiger charge is 2.31. The van der Waals surface area contributed by atoms with E-state index in [1.165, 1.54) is 40.6 Å². The first-order chi connectivity index (χ1) is 33.9. The number of carbonyl (C=O) groups is 3. The number of hydrogen-bond donors (Lipinski definition) is 3. The van der Waals surface area contributed by atoms with Crippen LogP contribution in [0.25, 0.3) is 4.85 Å². The molecule has 0 atom stereocenters. The number of Topliss-reactive ketones (excluding diaryl/α,β-unsaturated/α-hetero) is 2. The Kier molecular flexibility index (Phi) is 29.5. The zero-order chi connectivity index (χ0) is 54.2. The third-order valence-electron chi connectivity index (χ3n) is 9.96. The van der Waals surface area contributed by atoms with Crippen LogP contribution in [-0.4, -0.2) is 61.2 Å². The number of benzene rings is 6. The summed E-state index contributed by atoms with van der Waals surface area (Å²) in [6, 6.07) is 48.3. The molecule has 8 rings (SSSR count). The maximum absolute atomic E-state index is 10.9. The van der Waals surface area contributed by atoms with Crippen LogP contribution in [0.1, 0.15) is 82.5 Å². The fourth-order valence-electron chi connectivity index (χ4n) is 5.94. The number of H-pyrrole nitrogens is 1. The molecule has 0 amide bonds. The quantitative estimate of drug-likeness (QED) is 0.0892. The molecule has 1 fully saturated rings. The van der Waals surface area contributed by atoms with Crippen molar-refractivity contribution in [2.75, 3.05) is 38.9 Å². The van der Waals surface area contributed by atoms with Crippen LogP contribution in [0.15, 0.2) is 156 Å². The Morgan fingerprint density at radius 1 is 0.667 bits per heavy atom. The van der Waals surface area contributed by atoms with Crippen LogP contribution < -0.4 is 15.4 Å². The fourth-order valence-corrected chi connectivity index (χ4v) is 6.20. The standard InChI is InChI=1S/C9H13N.C9H10O2.C8H7N.C8H12O2.C8H10O.C7H7Br.C7H8O.C4H7N3/c1-8-4-6-9(7-5-8)10(2)3;1-7-3-5-8(6-4-7)9(10)11-2;1-7-3-5-8(9-2)6-4-7;1-8(2)4-6(9)3-7(10)5-8;1-7-3-5-8(9-2)6-4-7;2*1-6-2-4-7(8)5-3-6;1-3-2-4(5)7-6-3/h4-7H,1-3H3;3-6H,1-2H3;3-6H,1H3;3-5H2,1-2H3;3-6H,1-2H3;2-5H,1H3;2-5,8H,1H3;2H,1H3,(H3,5,6,7). The highest BCUT2D eigenvalue weighted by atomic mass is 79.9. The number of phenols is 1. The Hall–Kier alpha value is -7.49. The predicted molar refractivity (Wildman–Crippen MR) is 300 cm³/mol. The Morgan fingerprint density at radius 2 is 1.06 bits per heavy atom. The molecule has 1 heterocycles. The molecule has 72 heavy (non-hydrogen) atoms. The normalized spacial score (nSPS) is 11.3. The molecule has 0 spiro atoms. The lowest BCUT2D eigenvalue weighted by molar-refractivity contribution is -0.133. The molecular weight excluding hydrogens is 967 g/mol. The zero-order valence-electron chi connectivity index (χ0n) is 44.3. The second kappa shape index (κ2) is 33.9. The topological polar surface area (TPSA) is 152 Å². The number of phenolic OH excluding ortho intramolecular Hbond substituents is 1. The van der Waals surface area contributed by atoms with Crippen molar-refractivity contribution < 1.29 is 29.0 Å². The molecule has 4 N–H and O–H groups in total. The number of anilines is 2. The number of nitrogens with two attached hydrogens (primary N) is 1. The number of carbonyl (C=O) groups excluding carboxylic acids is 3. The number of rotatable bonds is 3. The molecule has 0 unspecified atom stereocenters. The molecule has 6 aromatic carbocycles. The minimum absolute atomic E-state index is 0.0770. The average molecular weight is 1040 g/mol. The Bertz CT molecular complexity index is 2530. The van der Waals surface area contributed by atoms with Crippen molar-refractivity contribution in [1.82, 2.24) is 10.2 Å². The third kappa shape index (κ3) is 29.5. The molecule has 0 aliphatic heterocycles. The van der Waals surface area contributed by atoms with Gasteiger partial charge in [0.15, 0.2) is 5.69 Å². The van der Waals surface area contributed by atoms with E-state index in [1.807, 2.05) is 141 Å². The van der Waals surface area contributed by atoms with Crippen LogP contribution in [0.5, 0.6) is 11.5 Å². The molecule has 1 aliphatic rings. The second-order valence-corrected chi connectivity index (χ2v) is 18.8. The van der Waals surface area contributed by atoms with Gasteiger partial charge in [-0.05, 0) is 115 Å². The number of esters is 1. The van der Waals surface area contributed by atoms with Gasteiger partial charge in [0, 0.05) is 48.9 Å². The van der Waals surface area contributed by atoms with Gasteiger partial charge in [0.25, 0.3) is 0 Å². The summed E-state index contributed by atoms with van der Waals surface area (Å²) in [6.45, 7) is 24.7. The molecule has 11 nitrogen and oxygen atoms in total. The summed E-state index contributed by atoms with van der Waals surface area (Å²) in [6.07, 6.45) is 1.31. The van der Waals surface area contributed by atoms with E-state index in [-0.39, 0.29) is 29.4 Å². The van der Waals surface area contributed by atoms with Gasteiger partial charge >= 0.3 is 5.97 Å². The van der Waals surface area contributed by atoms with E-state index >= 15 is 0 Å². The number of aromatic amines is 1. The van der Waals surface area contributed by atoms with Gasteiger partial charge in [0.05, 0.1) is 32.8 Å². The van der Waals surface area contributed by atoms with Crippen LogP contribution in [-0.2, 0) is 14.3 Å². The summed E-state index contributed by atoms with van der Waals surface area (Å²) in [5.74, 6) is 1.71. The summed E-state index contributed by atoms with van der Waals surface area (Å²) in [5.41, 5.74) is 16.1. The number of aromatic hydroxyl groups is 1. The second-order valence-electron chi connectivity index (χ2n) is 17.9. The first-order valence-electron chi connectivity index (χ1n) is 23.2.